The van der Waals surface area contributed by atoms with Crippen molar-refractivity contribution < 1.29 is 14.3 Å². The number of carbonyl (C=O) groups excluding carboxylic acids is 1. The van der Waals surface area contributed by atoms with Gasteiger partial charge in [-0.1, -0.05) is 6.07 Å². The van der Waals surface area contributed by atoms with Crippen molar-refractivity contribution in [2.24, 2.45) is 7.05 Å². The SMILES string of the molecule is Cc1nnc(COC(=O)CCOc2cccc(N)c2)n1C. The van der Waals surface area contributed by atoms with Crippen LogP contribution < -0.4 is 10.5 Å². The number of anilines is 1. The van der Waals surface area contributed by atoms with Crippen LogP contribution in [0, 0.1) is 6.92 Å². The van der Waals surface area contributed by atoms with Crippen molar-refractivity contribution in [2.45, 2.75) is 20.0 Å². The number of rotatable bonds is 6. The highest BCUT2D eigenvalue weighted by atomic mass is 16.5. The van der Waals surface area contributed by atoms with Crippen LogP contribution in [0.2, 0.25) is 0 Å². The first-order chi connectivity index (χ1) is 10.1. The maximum Gasteiger partial charge on any atom is 0.309 e. The molecule has 0 bridgehead atoms. The Bertz CT molecular complexity index is 624. The molecule has 0 aliphatic heterocycles. The van der Waals surface area contributed by atoms with Gasteiger partial charge in [-0.05, 0) is 19.1 Å². The van der Waals surface area contributed by atoms with Gasteiger partial charge >= 0.3 is 5.97 Å². The van der Waals surface area contributed by atoms with Crippen molar-refractivity contribution >= 4 is 11.7 Å². The second-order valence-corrected chi connectivity index (χ2v) is 4.55. The quantitative estimate of drug-likeness (QED) is 0.635. The molecule has 0 saturated carbocycles. The second-order valence-electron chi connectivity index (χ2n) is 4.55. The Labute approximate surface area is 122 Å². The standard InChI is InChI=1S/C14H18N4O3/c1-10-16-17-13(18(10)2)9-21-14(19)6-7-20-12-5-3-4-11(15)8-12/h3-5,8H,6-7,9,15H2,1-2H3. The molecule has 0 aliphatic rings. The van der Waals surface area contributed by atoms with Crippen LogP contribution in [-0.2, 0) is 23.2 Å². The molecule has 21 heavy (non-hydrogen) atoms. The fourth-order valence-corrected chi connectivity index (χ4v) is 1.65. The fourth-order valence-electron chi connectivity index (χ4n) is 1.65. The number of nitrogens with zero attached hydrogens (tertiary/aromatic N) is 3. The number of carbonyl (C=O) groups is 1. The minimum atomic E-state index is -0.348. The van der Waals surface area contributed by atoms with Crippen LogP contribution in [0.4, 0.5) is 5.69 Å². The molecule has 7 heteroatoms. The highest BCUT2D eigenvalue weighted by Crippen LogP contribution is 2.14. The lowest BCUT2D eigenvalue weighted by Gasteiger charge is -2.07. The van der Waals surface area contributed by atoms with Gasteiger partial charge in [-0.25, -0.2) is 0 Å². The zero-order valence-electron chi connectivity index (χ0n) is 12.1. The summed E-state index contributed by atoms with van der Waals surface area (Å²) < 4.78 is 12.3. The molecule has 0 spiro atoms. The molecule has 0 unspecified atom stereocenters. The third-order valence-electron chi connectivity index (χ3n) is 2.98. The zero-order chi connectivity index (χ0) is 15.2. The van der Waals surface area contributed by atoms with Gasteiger partial charge in [-0.15, -0.1) is 10.2 Å². The molecule has 0 radical (unpaired) electrons. The summed E-state index contributed by atoms with van der Waals surface area (Å²) in [5.41, 5.74) is 6.25. The number of nitrogens with two attached hydrogens (primary N) is 1. The molecular formula is C14H18N4O3. The van der Waals surface area contributed by atoms with E-state index in [2.05, 4.69) is 10.2 Å². The van der Waals surface area contributed by atoms with Gasteiger partial charge in [0.1, 0.15) is 11.6 Å². The third kappa shape index (κ3) is 4.20. The van der Waals surface area contributed by atoms with E-state index >= 15 is 0 Å². The first-order valence-corrected chi connectivity index (χ1v) is 6.55. The Morgan fingerprint density at radius 3 is 2.86 bits per heavy atom. The number of hydrogen-bond acceptors (Lipinski definition) is 6. The van der Waals surface area contributed by atoms with Crippen molar-refractivity contribution in [2.75, 3.05) is 12.3 Å². The van der Waals surface area contributed by atoms with Gasteiger partial charge in [0.25, 0.3) is 0 Å². The van der Waals surface area contributed by atoms with E-state index in [0.29, 0.717) is 17.3 Å². The lowest BCUT2D eigenvalue weighted by atomic mass is 10.3. The van der Waals surface area contributed by atoms with E-state index < -0.39 is 0 Å². The number of hydrogen-bond donors (Lipinski definition) is 1. The third-order valence-corrected chi connectivity index (χ3v) is 2.98. The maximum atomic E-state index is 11.6. The van der Waals surface area contributed by atoms with Crippen LogP contribution in [0.15, 0.2) is 24.3 Å². The van der Waals surface area contributed by atoms with Crippen LogP contribution >= 0.6 is 0 Å². The van der Waals surface area contributed by atoms with Crippen LogP contribution in [0.5, 0.6) is 5.75 Å². The summed E-state index contributed by atoms with van der Waals surface area (Å²) in [6.45, 7) is 2.17. The largest absolute Gasteiger partial charge is 0.493 e. The Hall–Kier alpha value is -2.57. The number of aromatic nitrogens is 3. The minimum Gasteiger partial charge on any atom is -0.493 e. The van der Waals surface area contributed by atoms with Crippen LogP contribution in [0.1, 0.15) is 18.1 Å². The molecule has 2 aromatic rings. The fraction of sp³-hybridized carbons (Fsp3) is 0.357. The average Bonchev–Trinajstić information content (AvgIpc) is 2.77. The Kier molecular flexibility index (Phi) is 4.76. The zero-order valence-corrected chi connectivity index (χ0v) is 12.1. The van der Waals surface area contributed by atoms with Gasteiger partial charge in [-0.2, -0.15) is 0 Å². The number of esters is 1. The van der Waals surface area contributed by atoms with E-state index in [0.717, 1.165) is 5.82 Å². The lowest BCUT2D eigenvalue weighted by molar-refractivity contribution is -0.145. The molecule has 0 amide bonds. The molecule has 7 nitrogen and oxygen atoms in total. The Morgan fingerprint density at radius 2 is 2.19 bits per heavy atom. The van der Waals surface area contributed by atoms with E-state index in [4.69, 9.17) is 15.2 Å². The van der Waals surface area contributed by atoms with Crippen molar-refractivity contribution in [1.29, 1.82) is 0 Å². The van der Waals surface area contributed by atoms with Gasteiger partial charge in [0.2, 0.25) is 0 Å². The predicted molar refractivity (Wildman–Crippen MR) is 76.5 cm³/mol. The predicted octanol–water partition coefficient (Wildman–Crippen LogP) is 1.22. The van der Waals surface area contributed by atoms with E-state index in [1.54, 1.807) is 28.8 Å². The first kappa shape index (κ1) is 14.8. The summed E-state index contributed by atoms with van der Waals surface area (Å²) in [6, 6.07) is 7.04. The van der Waals surface area contributed by atoms with Gasteiger partial charge < -0.3 is 19.8 Å². The molecule has 1 aromatic heterocycles. The van der Waals surface area contributed by atoms with E-state index in [1.807, 2.05) is 14.0 Å². The maximum absolute atomic E-state index is 11.6. The van der Waals surface area contributed by atoms with Gasteiger partial charge in [-0.3, -0.25) is 4.79 Å². The second kappa shape index (κ2) is 6.74. The van der Waals surface area contributed by atoms with E-state index in [1.165, 1.54) is 0 Å². The number of nitrogen functional groups attached to an aromatic ring is 1. The molecule has 1 aromatic carbocycles. The number of benzene rings is 1. The summed E-state index contributed by atoms with van der Waals surface area (Å²) >= 11 is 0. The van der Waals surface area contributed by atoms with Crippen molar-refractivity contribution in [1.82, 2.24) is 14.8 Å². The van der Waals surface area contributed by atoms with Crippen LogP contribution in [0.3, 0.4) is 0 Å². The normalized spacial score (nSPS) is 10.4. The first-order valence-electron chi connectivity index (χ1n) is 6.55. The summed E-state index contributed by atoms with van der Waals surface area (Å²) in [5.74, 6) is 1.66. The number of aryl methyl sites for hydroxylation is 1. The summed E-state index contributed by atoms with van der Waals surface area (Å²) in [5, 5.41) is 7.80. The molecule has 2 N–H and O–H groups in total. The summed E-state index contributed by atoms with van der Waals surface area (Å²) in [7, 11) is 1.82. The Morgan fingerprint density at radius 1 is 1.38 bits per heavy atom. The molecule has 0 saturated heterocycles. The van der Waals surface area contributed by atoms with Gasteiger partial charge in [0, 0.05) is 18.8 Å². The van der Waals surface area contributed by atoms with Crippen LogP contribution in [0.25, 0.3) is 0 Å². The van der Waals surface area contributed by atoms with E-state index in [-0.39, 0.29) is 25.6 Å². The molecule has 2 rings (SSSR count). The molecular weight excluding hydrogens is 272 g/mol. The van der Waals surface area contributed by atoms with Crippen molar-refractivity contribution in [3.8, 4) is 5.75 Å². The minimum absolute atomic E-state index is 0.106. The molecule has 0 fully saturated rings. The topological polar surface area (TPSA) is 92.3 Å². The van der Waals surface area contributed by atoms with Crippen molar-refractivity contribution in [3.63, 3.8) is 0 Å². The Balaban J connectivity index is 1.71. The lowest BCUT2D eigenvalue weighted by Crippen LogP contribution is -2.12. The van der Waals surface area contributed by atoms with Crippen LogP contribution in [-0.4, -0.2) is 27.3 Å². The molecule has 0 atom stereocenters. The smallest absolute Gasteiger partial charge is 0.309 e. The molecule has 0 aliphatic carbocycles. The van der Waals surface area contributed by atoms with Gasteiger partial charge in [0.15, 0.2) is 12.4 Å². The highest BCUT2D eigenvalue weighted by Gasteiger charge is 2.09. The number of ether oxygens (including phenoxy) is 2. The summed E-state index contributed by atoms with van der Waals surface area (Å²) in [4.78, 5) is 11.6. The molecule has 112 valence electrons. The molecule has 1 heterocycles. The van der Waals surface area contributed by atoms with Gasteiger partial charge in [0.05, 0.1) is 13.0 Å². The summed E-state index contributed by atoms with van der Waals surface area (Å²) in [6.07, 6.45) is 0.158. The average molecular weight is 290 g/mol. The monoisotopic (exact) mass is 290 g/mol. The highest BCUT2D eigenvalue weighted by molar-refractivity contribution is 5.69. The van der Waals surface area contributed by atoms with Crippen molar-refractivity contribution in [3.05, 3.63) is 35.9 Å². The van der Waals surface area contributed by atoms with E-state index in [9.17, 15) is 4.79 Å².